The minimum absolute atomic E-state index is 0.316. The van der Waals surface area contributed by atoms with Crippen molar-refractivity contribution in [3.63, 3.8) is 0 Å². The molecule has 7 nitrogen and oxygen atoms in total. The van der Waals surface area contributed by atoms with E-state index in [1.54, 1.807) is 14.2 Å². The molecule has 1 saturated heterocycles. The van der Waals surface area contributed by atoms with Gasteiger partial charge in [0.25, 0.3) is 0 Å². The van der Waals surface area contributed by atoms with Crippen LogP contribution in [0.3, 0.4) is 0 Å². The maximum absolute atomic E-state index is 5.04. The SMILES string of the molecule is CNc1nc(NCC2CCCN2C)nc(OC)n1. The van der Waals surface area contributed by atoms with Gasteiger partial charge in [-0.2, -0.15) is 15.0 Å². The van der Waals surface area contributed by atoms with Crippen molar-refractivity contribution in [1.29, 1.82) is 0 Å². The van der Waals surface area contributed by atoms with Crippen LogP contribution in [-0.2, 0) is 0 Å². The molecule has 1 unspecified atom stereocenters. The number of aromatic nitrogens is 3. The first-order chi connectivity index (χ1) is 8.72. The topological polar surface area (TPSA) is 75.2 Å². The maximum atomic E-state index is 5.04. The quantitative estimate of drug-likeness (QED) is 0.787. The highest BCUT2D eigenvalue weighted by molar-refractivity contribution is 5.35. The van der Waals surface area contributed by atoms with Crippen molar-refractivity contribution in [2.75, 3.05) is 44.9 Å². The summed E-state index contributed by atoms with van der Waals surface area (Å²) in [6.45, 7) is 2.00. The minimum atomic E-state index is 0.316. The van der Waals surface area contributed by atoms with Crippen LogP contribution in [0.5, 0.6) is 6.01 Å². The van der Waals surface area contributed by atoms with E-state index < -0.39 is 0 Å². The maximum Gasteiger partial charge on any atom is 0.322 e. The summed E-state index contributed by atoms with van der Waals surface area (Å²) < 4.78 is 5.04. The van der Waals surface area contributed by atoms with Crippen LogP contribution in [0.1, 0.15) is 12.8 Å². The van der Waals surface area contributed by atoms with Crippen LogP contribution in [0.25, 0.3) is 0 Å². The van der Waals surface area contributed by atoms with Crippen LogP contribution in [0.4, 0.5) is 11.9 Å². The number of nitrogens with zero attached hydrogens (tertiary/aromatic N) is 4. The third-order valence-corrected chi connectivity index (χ3v) is 3.19. The molecule has 0 saturated carbocycles. The lowest BCUT2D eigenvalue weighted by Crippen LogP contribution is -2.32. The van der Waals surface area contributed by atoms with Gasteiger partial charge in [0.15, 0.2) is 0 Å². The number of likely N-dealkylation sites (tertiary alicyclic amines) is 1. The molecule has 1 aliphatic heterocycles. The van der Waals surface area contributed by atoms with Crippen molar-refractivity contribution in [1.82, 2.24) is 19.9 Å². The molecule has 0 radical (unpaired) electrons. The Balaban J connectivity index is 1.99. The highest BCUT2D eigenvalue weighted by Crippen LogP contribution is 2.16. The summed E-state index contributed by atoms with van der Waals surface area (Å²) in [5, 5.41) is 6.13. The Morgan fingerprint density at radius 1 is 1.33 bits per heavy atom. The van der Waals surface area contributed by atoms with Crippen LogP contribution < -0.4 is 15.4 Å². The fourth-order valence-electron chi connectivity index (χ4n) is 2.08. The molecule has 2 heterocycles. The first-order valence-corrected chi connectivity index (χ1v) is 6.15. The molecule has 100 valence electrons. The summed E-state index contributed by atoms with van der Waals surface area (Å²) in [7, 11) is 5.46. The molecule has 1 fully saturated rings. The fraction of sp³-hybridized carbons (Fsp3) is 0.727. The van der Waals surface area contributed by atoms with Crippen LogP contribution in [0.15, 0.2) is 0 Å². The van der Waals surface area contributed by atoms with Crippen molar-refractivity contribution in [2.24, 2.45) is 0 Å². The molecule has 1 aliphatic rings. The Labute approximate surface area is 107 Å². The number of likely N-dealkylation sites (N-methyl/N-ethyl adjacent to an activating group) is 1. The van der Waals surface area contributed by atoms with Crippen molar-refractivity contribution in [2.45, 2.75) is 18.9 Å². The van der Waals surface area contributed by atoms with Gasteiger partial charge in [-0.15, -0.1) is 0 Å². The van der Waals surface area contributed by atoms with Gasteiger partial charge in [-0.1, -0.05) is 0 Å². The Bertz CT molecular complexity index is 377. The predicted octanol–water partition coefficient (Wildman–Crippen LogP) is 0.428. The second kappa shape index (κ2) is 5.81. The molecule has 0 aliphatic carbocycles. The Hall–Kier alpha value is -1.63. The standard InChI is InChI=1S/C11H20N6O/c1-12-9-14-10(16-11(15-9)18-3)13-7-8-5-4-6-17(8)2/h8H,4-7H2,1-3H3,(H2,12,13,14,15,16). The first kappa shape index (κ1) is 12.8. The Morgan fingerprint density at radius 2 is 2.11 bits per heavy atom. The van der Waals surface area contributed by atoms with E-state index in [1.165, 1.54) is 12.8 Å². The largest absolute Gasteiger partial charge is 0.467 e. The fourth-order valence-corrected chi connectivity index (χ4v) is 2.08. The van der Waals surface area contributed by atoms with E-state index in [1.807, 2.05) is 0 Å². The molecule has 1 aromatic rings. The molecule has 0 bridgehead atoms. The summed E-state index contributed by atoms with van der Waals surface area (Å²) in [6.07, 6.45) is 2.47. The van der Waals surface area contributed by atoms with Gasteiger partial charge in [0.05, 0.1) is 7.11 Å². The lowest BCUT2D eigenvalue weighted by molar-refractivity contribution is 0.321. The van der Waals surface area contributed by atoms with Gasteiger partial charge in [0.1, 0.15) is 0 Å². The highest BCUT2D eigenvalue weighted by atomic mass is 16.5. The van der Waals surface area contributed by atoms with E-state index >= 15 is 0 Å². The van der Waals surface area contributed by atoms with Crippen molar-refractivity contribution in [3.05, 3.63) is 0 Å². The molecule has 2 N–H and O–H groups in total. The van der Waals surface area contributed by atoms with E-state index in [9.17, 15) is 0 Å². The summed E-state index contributed by atoms with van der Waals surface area (Å²) in [5.74, 6) is 1.05. The van der Waals surface area contributed by atoms with E-state index in [0.29, 0.717) is 23.9 Å². The van der Waals surface area contributed by atoms with Crippen molar-refractivity contribution in [3.8, 4) is 6.01 Å². The molecule has 1 aromatic heterocycles. The van der Waals surface area contributed by atoms with Gasteiger partial charge in [-0.05, 0) is 26.4 Å². The number of anilines is 2. The minimum Gasteiger partial charge on any atom is -0.467 e. The smallest absolute Gasteiger partial charge is 0.322 e. The number of methoxy groups -OCH3 is 1. The lowest BCUT2D eigenvalue weighted by Gasteiger charge is -2.19. The molecular formula is C11H20N6O. The molecular weight excluding hydrogens is 232 g/mol. The van der Waals surface area contributed by atoms with Gasteiger partial charge in [0.2, 0.25) is 11.9 Å². The van der Waals surface area contributed by atoms with E-state index in [2.05, 4.69) is 37.5 Å². The first-order valence-electron chi connectivity index (χ1n) is 6.15. The van der Waals surface area contributed by atoms with Crippen molar-refractivity contribution < 1.29 is 4.74 Å². The molecule has 18 heavy (non-hydrogen) atoms. The molecule has 0 aromatic carbocycles. The third-order valence-electron chi connectivity index (χ3n) is 3.19. The van der Waals surface area contributed by atoms with Crippen LogP contribution in [-0.4, -0.2) is 60.2 Å². The zero-order valence-corrected chi connectivity index (χ0v) is 11.1. The average Bonchev–Trinajstić information content (AvgIpc) is 2.81. The van der Waals surface area contributed by atoms with E-state index in [-0.39, 0.29) is 0 Å². The van der Waals surface area contributed by atoms with Crippen LogP contribution >= 0.6 is 0 Å². The van der Waals surface area contributed by atoms with Gasteiger partial charge in [0, 0.05) is 19.6 Å². The molecule has 2 rings (SSSR count). The Morgan fingerprint density at radius 3 is 2.72 bits per heavy atom. The third kappa shape index (κ3) is 2.98. The monoisotopic (exact) mass is 252 g/mol. The van der Waals surface area contributed by atoms with Crippen LogP contribution in [0, 0.1) is 0 Å². The molecule has 0 spiro atoms. The number of nitrogens with one attached hydrogen (secondary N) is 2. The second-order valence-corrected chi connectivity index (χ2v) is 4.38. The lowest BCUT2D eigenvalue weighted by atomic mass is 10.2. The van der Waals surface area contributed by atoms with Gasteiger partial charge >= 0.3 is 6.01 Å². The zero-order valence-electron chi connectivity index (χ0n) is 11.1. The average molecular weight is 252 g/mol. The number of hydrogen-bond acceptors (Lipinski definition) is 7. The normalized spacial score (nSPS) is 19.8. The number of rotatable bonds is 5. The number of ether oxygens (including phenoxy) is 1. The van der Waals surface area contributed by atoms with Gasteiger partial charge in [-0.25, -0.2) is 0 Å². The van der Waals surface area contributed by atoms with Gasteiger partial charge in [-0.3, -0.25) is 0 Å². The second-order valence-electron chi connectivity index (χ2n) is 4.38. The molecule has 7 heteroatoms. The number of hydrogen-bond donors (Lipinski definition) is 2. The Kier molecular flexibility index (Phi) is 4.14. The summed E-state index contributed by atoms with van der Waals surface area (Å²) in [4.78, 5) is 14.8. The van der Waals surface area contributed by atoms with Crippen LogP contribution in [0.2, 0.25) is 0 Å². The predicted molar refractivity (Wildman–Crippen MR) is 70.1 cm³/mol. The molecule has 0 amide bonds. The summed E-state index contributed by atoms with van der Waals surface area (Å²) in [6, 6.07) is 0.863. The van der Waals surface area contributed by atoms with Crippen molar-refractivity contribution >= 4 is 11.9 Å². The molecule has 1 atom stereocenters. The summed E-state index contributed by atoms with van der Waals surface area (Å²) in [5.41, 5.74) is 0. The summed E-state index contributed by atoms with van der Waals surface area (Å²) >= 11 is 0. The highest BCUT2D eigenvalue weighted by Gasteiger charge is 2.20. The van der Waals surface area contributed by atoms with E-state index in [4.69, 9.17) is 4.74 Å². The zero-order chi connectivity index (χ0) is 13.0. The van der Waals surface area contributed by atoms with E-state index in [0.717, 1.165) is 13.1 Å². The van der Waals surface area contributed by atoms with Gasteiger partial charge < -0.3 is 20.3 Å².